The maximum absolute atomic E-state index is 11.2. The molecule has 0 spiro atoms. The number of aromatic amines is 1. The van der Waals surface area contributed by atoms with Crippen molar-refractivity contribution in [3.05, 3.63) is 38.8 Å². The number of aromatic nitrogens is 3. The van der Waals surface area contributed by atoms with E-state index < -0.39 is 4.92 Å². The van der Waals surface area contributed by atoms with Crippen LogP contribution in [-0.2, 0) is 7.05 Å². The Bertz CT molecular complexity index is 679. The number of hydrogen-bond donors (Lipinski definition) is 3. The molecule has 0 fully saturated rings. The van der Waals surface area contributed by atoms with Crippen molar-refractivity contribution >= 4 is 23.1 Å². The van der Waals surface area contributed by atoms with Gasteiger partial charge in [-0.1, -0.05) is 0 Å². The lowest BCUT2D eigenvalue weighted by atomic mass is 10.3. The molecule has 9 nitrogen and oxygen atoms in total. The molecule has 0 radical (unpaired) electrons. The monoisotopic (exact) mass is 282 g/mol. The highest BCUT2D eigenvalue weighted by Crippen LogP contribution is 2.30. The van der Waals surface area contributed by atoms with Crippen LogP contribution in [0, 0.1) is 10.1 Å². The largest absolute Gasteiger partial charge is 0.343 e. The summed E-state index contributed by atoms with van der Waals surface area (Å²) < 4.78 is 1.30. The first-order valence-electron chi connectivity index (χ1n) is 5.06. The van der Waals surface area contributed by atoms with Gasteiger partial charge in [0.25, 0.3) is 5.69 Å². The van der Waals surface area contributed by atoms with Crippen molar-refractivity contribution in [3.8, 4) is 0 Å². The molecule has 100 valence electrons. The molecular formula is C9H10N6O3S. The Morgan fingerprint density at radius 3 is 2.79 bits per heavy atom. The fourth-order valence-corrected chi connectivity index (χ4v) is 2.25. The highest BCUT2D eigenvalue weighted by Gasteiger charge is 2.13. The van der Waals surface area contributed by atoms with Crippen molar-refractivity contribution in [2.75, 3.05) is 5.43 Å². The number of nitrogens with one attached hydrogen (secondary N) is 2. The third kappa shape index (κ3) is 2.74. The molecule has 0 saturated heterocycles. The van der Waals surface area contributed by atoms with Crippen molar-refractivity contribution in [2.24, 2.45) is 12.9 Å². The van der Waals surface area contributed by atoms with E-state index in [-0.39, 0.29) is 11.4 Å². The summed E-state index contributed by atoms with van der Waals surface area (Å²) in [5, 5.41) is 17.3. The van der Waals surface area contributed by atoms with Gasteiger partial charge in [-0.05, 0) is 17.8 Å². The lowest BCUT2D eigenvalue weighted by Gasteiger charge is -2.04. The third-order valence-electron chi connectivity index (χ3n) is 2.32. The number of non-ortho nitro benzene ring substituents is 1. The quantitative estimate of drug-likeness (QED) is 0.421. The molecule has 1 aromatic heterocycles. The maximum Gasteiger partial charge on any atom is 0.343 e. The Morgan fingerprint density at radius 2 is 2.26 bits per heavy atom. The SMILES string of the molecule is Cn1c(Sc2cc(NN)cc([N+](=O)[O-])c2)n[nH]c1=O. The molecular weight excluding hydrogens is 272 g/mol. The summed E-state index contributed by atoms with van der Waals surface area (Å²) in [5.74, 6) is 5.26. The molecule has 19 heavy (non-hydrogen) atoms. The van der Waals surface area contributed by atoms with Crippen LogP contribution in [0.3, 0.4) is 0 Å². The number of H-pyrrole nitrogens is 1. The summed E-state index contributed by atoms with van der Waals surface area (Å²) >= 11 is 1.12. The zero-order valence-electron chi connectivity index (χ0n) is 9.78. The van der Waals surface area contributed by atoms with Crippen LogP contribution in [0.4, 0.5) is 11.4 Å². The molecule has 2 aromatic rings. The molecule has 0 bridgehead atoms. The topological polar surface area (TPSA) is 132 Å². The fraction of sp³-hybridized carbons (Fsp3) is 0.111. The number of nitrogens with two attached hydrogens (primary N) is 1. The number of rotatable bonds is 4. The minimum absolute atomic E-state index is 0.0986. The Balaban J connectivity index is 2.39. The number of hydrazine groups is 1. The average molecular weight is 282 g/mol. The van der Waals surface area contributed by atoms with Gasteiger partial charge in [0.2, 0.25) is 0 Å². The summed E-state index contributed by atoms with van der Waals surface area (Å²) in [6.45, 7) is 0. The lowest BCUT2D eigenvalue weighted by molar-refractivity contribution is -0.385. The van der Waals surface area contributed by atoms with Crippen molar-refractivity contribution in [1.29, 1.82) is 0 Å². The molecule has 10 heteroatoms. The molecule has 0 unspecified atom stereocenters. The first-order valence-corrected chi connectivity index (χ1v) is 5.88. The second kappa shape index (κ2) is 5.12. The minimum Gasteiger partial charge on any atom is -0.324 e. The molecule has 1 heterocycles. The predicted octanol–water partition coefficient (Wildman–Crippen LogP) is 0.453. The second-order valence-corrected chi connectivity index (χ2v) is 4.63. The highest BCUT2D eigenvalue weighted by atomic mass is 32.2. The summed E-state index contributed by atoms with van der Waals surface area (Å²) in [6, 6.07) is 4.31. The third-order valence-corrected chi connectivity index (χ3v) is 3.34. The fourth-order valence-electron chi connectivity index (χ4n) is 1.36. The van der Waals surface area contributed by atoms with E-state index in [1.807, 2.05) is 0 Å². The molecule has 0 atom stereocenters. The average Bonchev–Trinajstić information content (AvgIpc) is 2.70. The number of nitro benzene ring substituents is 1. The molecule has 4 N–H and O–H groups in total. The number of hydrogen-bond acceptors (Lipinski definition) is 7. The smallest absolute Gasteiger partial charge is 0.324 e. The van der Waals surface area contributed by atoms with Crippen molar-refractivity contribution in [1.82, 2.24) is 14.8 Å². The van der Waals surface area contributed by atoms with E-state index in [0.29, 0.717) is 15.7 Å². The molecule has 0 aliphatic heterocycles. The number of benzene rings is 1. The summed E-state index contributed by atoms with van der Waals surface area (Å²) in [4.78, 5) is 22.0. The van der Waals surface area contributed by atoms with Gasteiger partial charge in [-0.25, -0.2) is 9.89 Å². The van der Waals surface area contributed by atoms with Crippen molar-refractivity contribution < 1.29 is 4.92 Å². The molecule has 1 aromatic carbocycles. The standard InChI is InChI=1S/C9H10N6O3S/c1-14-8(16)12-13-9(14)19-7-3-5(11-10)2-6(4-7)15(17)18/h2-4,11H,10H2,1H3,(H,12,16). The minimum atomic E-state index is -0.519. The Labute approximate surface area is 110 Å². The lowest BCUT2D eigenvalue weighted by Crippen LogP contribution is -2.12. The molecule has 0 amide bonds. The van der Waals surface area contributed by atoms with Crippen LogP contribution >= 0.6 is 11.8 Å². The molecule has 2 rings (SSSR count). The highest BCUT2D eigenvalue weighted by molar-refractivity contribution is 7.99. The van der Waals surface area contributed by atoms with E-state index >= 15 is 0 Å². The van der Waals surface area contributed by atoms with Gasteiger partial charge in [-0.15, -0.1) is 5.10 Å². The Kier molecular flexibility index (Phi) is 3.53. The van der Waals surface area contributed by atoms with Gasteiger partial charge in [0.1, 0.15) is 0 Å². The Morgan fingerprint density at radius 1 is 1.53 bits per heavy atom. The first-order chi connectivity index (χ1) is 9.01. The predicted molar refractivity (Wildman–Crippen MR) is 68.9 cm³/mol. The van der Waals surface area contributed by atoms with E-state index in [1.54, 1.807) is 13.1 Å². The molecule has 0 saturated carbocycles. The van der Waals surface area contributed by atoms with Crippen molar-refractivity contribution in [2.45, 2.75) is 10.1 Å². The van der Waals surface area contributed by atoms with Crippen LogP contribution < -0.4 is 17.0 Å². The van der Waals surface area contributed by atoms with Gasteiger partial charge in [0.05, 0.1) is 10.6 Å². The van der Waals surface area contributed by atoms with Gasteiger partial charge < -0.3 is 5.43 Å². The van der Waals surface area contributed by atoms with E-state index in [9.17, 15) is 14.9 Å². The van der Waals surface area contributed by atoms with E-state index in [4.69, 9.17) is 5.84 Å². The number of nitro groups is 1. The van der Waals surface area contributed by atoms with Gasteiger partial charge in [0.15, 0.2) is 5.16 Å². The number of nitrogens with zero attached hydrogens (tertiary/aromatic N) is 3. The van der Waals surface area contributed by atoms with E-state index in [2.05, 4.69) is 15.6 Å². The Hall–Kier alpha value is -2.33. The second-order valence-electron chi connectivity index (χ2n) is 3.59. The van der Waals surface area contributed by atoms with Crippen LogP contribution in [0.1, 0.15) is 0 Å². The van der Waals surface area contributed by atoms with Crippen LogP contribution in [0.15, 0.2) is 33.0 Å². The summed E-state index contributed by atoms with van der Waals surface area (Å²) in [5.41, 5.74) is 2.30. The summed E-state index contributed by atoms with van der Waals surface area (Å²) in [7, 11) is 1.55. The van der Waals surface area contributed by atoms with Gasteiger partial charge in [-0.3, -0.25) is 20.5 Å². The summed E-state index contributed by atoms with van der Waals surface area (Å²) in [6.07, 6.45) is 0. The normalized spacial score (nSPS) is 10.4. The molecule has 0 aliphatic carbocycles. The van der Waals surface area contributed by atoms with Crippen LogP contribution in [-0.4, -0.2) is 19.7 Å². The van der Waals surface area contributed by atoms with Crippen LogP contribution in [0.25, 0.3) is 0 Å². The zero-order chi connectivity index (χ0) is 14.0. The van der Waals surface area contributed by atoms with Crippen LogP contribution in [0.2, 0.25) is 0 Å². The van der Waals surface area contributed by atoms with Gasteiger partial charge in [-0.2, -0.15) is 0 Å². The first kappa shape index (κ1) is 13.1. The number of anilines is 1. The zero-order valence-corrected chi connectivity index (χ0v) is 10.6. The van der Waals surface area contributed by atoms with E-state index in [1.165, 1.54) is 16.7 Å². The van der Waals surface area contributed by atoms with Gasteiger partial charge >= 0.3 is 5.69 Å². The number of nitrogen functional groups attached to an aromatic ring is 1. The van der Waals surface area contributed by atoms with Crippen molar-refractivity contribution in [3.63, 3.8) is 0 Å². The molecule has 0 aliphatic rings. The van der Waals surface area contributed by atoms with Gasteiger partial charge in [0, 0.05) is 24.1 Å². The maximum atomic E-state index is 11.2. The van der Waals surface area contributed by atoms with Crippen LogP contribution in [0.5, 0.6) is 0 Å². The van der Waals surface area contributed by atoms with E-state index in [0.717, 1.165) is 11.8 Å².